The summed E-state index contributed by atoms with van der Waals surface area (Å²) < 4.78 is 0. The van der Waals surface area contributed by atoms with Gasteiger partial charge in [0.05, 0.1) is 0 Å². The Balaban J connectivity index is 2.25. The lowest BCUT2D eigenvalue weighted by molar-refractivity contribution is 0.0548. The Bertz CT molecular complexity index is 125. The van der Waals surface area contributed by atoms with Crippen LogP contribution in [0.5, 0.6) is 0 Å². The molecular formula is C11H21Br. The number of rotatable bonds is 5. The van der Waals surface area contributed by atoms with Crippen LogP contribution in [0.25, 0.3) is 0 Å². The van der Waals surface area contributed by atoms with Gasteiger partial charge in [-0.25, -0.2) is 0 Å². The van der Waals surface area contributed by atoms with E-state index in [1.807, 2.05) is 0 Å². The van der Waals surface area contributed by atoms with Crippen molar-refractivity contribution in [3.63, 3.8) is 0 Å². The van der Waals surface area contributed by atoms with Crippen LogP contribution < -0.4 is 0 Å². The third-order valence-corrected chi connectivity index (χ3v) is 4.19. The van der Waals surface area contributed by atoms with Crippen LogP contribution in [0.3, 0.4) is 0 Å². The Hall–Kier alpha value is 0.480. The molecule has 0 atom stereocenters. The first-order valence-electron chi connectivity index (χ1n) is 5.27. The highest BCUT2D eigenvalue weighted by atomic mass is 79.9. The Morgan fingerprint density at radius 2 is 1.92 bits per heavy atom. The van der Waals surface area contributed by atoms with E-state index in [0.29, 0.717) is 0 Å². The molecular weight excluding hydrogens is 212 g/mol. The van der Waals surface area contributed by atoms with Crippen LogP contribution in [-0.4, -0.2) is 5.33 Å². The summed E-state index contributed by atoms with van der Waals surface area (Å²) in [5.74, 6) is 0.904. The van der Waals surface area contributed by atoms with Crippen LogP contribution in [0.15, 0.2) is 0 Å². The molecule has 0 unspecified atom stereocenters. The molecule has 0 aromatic rings. The number of halogens is 1. The highest BCUT2D eigenvalue weighted by Gasteiger charge is 2.38. The molecule has 1 aliphatic rings. The molecule has 1 saturated carbocycles. The summed E-state index contributed by atoms with van der Waals surface area (Å²) in [7, 11) is 0. The zero-order chi connectivity index (χ0) is 9.03. The van der Waals surface area contributed by atoms with Crippen molar-refractivity contribution in [2.75, 3.05) is 5.33 Å². The predicted octanol–water partition coefficient (Wildman–Crippen LogP) is 4.38. The lowest BCUT2D eigenvalue weighted by Gasteiger charge is -2.46. The average molecular weight is 233 g/mol. The first-order valence-corrected chi connectivity index (χ1v) is 6.39. The number of unbranched alkanes of at least 4 members (excludes halogenated alkanes) is 1. The second kappa shape index (κ2) is 4.64. The van der Waals surface area contributed by atoms with Crippen LogP contribution in [0, 0.1) is 11.3 Å². The fourth-order valence-corrected chi connectivity index (χ4v) is 2.71. The van der Waals surface area contributed by atoms with Crippen LogP contribution in [0.2, 0.25) is 0 Å². The lowest BCUT2D eigenvalue weighted by atomic mass is 9.60. The van der Waals surface area contributed by atoms with Gasteiger partial charge in [0.15, 0.2) is 0 Å². The Kier molecular flexibility index (Phi) is 4.09. The minimum Gasteiger partial charge on any atom is -0.0928 e. The first kappa shape index (κ1) is 10.6. The van der Waals surface area contributed by atoms with Gasteiger partial charge in [0.2, 0.25) is 0 Å². The van der Waals surface area contributed by atoms with Gasteiger partial charge in [-0.2, -0.15) is 0 Å². The molecule has 0 heterocycles. The molecule has 0 amide bonds. The zero-order valence-electron chi connectivity index (χ0n) is 8.41. The molecule has 72 valence electrons. The highest BCUT2D eigenvalue weighted by molar-refractivity contribution is 9.09. The van der Waals surface area contributed by atoms with Gasteiger partial charge in [0, 0.05) is 5.33 Å². The van der Waals surface area contributed by atoms with Crippen molar-refractivity contribution in [1.29, 1.82) is 0 Å². The molecule has 0 spiro atoms. The fraction of sp³-hybridized carbons (Fsp3) is 1.00. The summed E-state index contributed by atoms with van der Waals surface area (Å²) in [6, 6.07) is 0. The normalized spacial score (nSPS) is 21.0. The van der Waals surface area contributed by atoms with E-state index in [0.717, 1.165) is 11.3 Å². The Morgan fingerprint density at radius 3 is 2.25 bits per heavy atom. The molecule has 12 heavy (non-hydrogen) atoms. The molecule has 0 aromatic heterocycles. The minimum absolute atomic E-state index is 0.752. The van der Waals surface area contributed by atoms with Crippen LogP contribution in [0.1, 0.15) is 52.4 Å². The quantitative estimate of drug-likeness (QED) is 0.488. The number of hydrogen-bond acceptors (Lipinski definition) is 0. The molecule has 0 radical (unpaired) electrons. The second-order valence-electron chi connectivity index (χ2n) is 4.52. The number of alkyl halides is 1. The van der Waals surface area contributed by atoms with Crippen molar-refractivity contribution in [2.24, 2.45) is 11.3 Å². The molecule has 0 bridgehead atoms. The Morgan fingerprint density at radius 1 is 1.25 bits per heavy atom. The van der Waals surface area contributed by atoms with Crippen molar-refractivity contribution in [2.45, 2.75) is 52.4 Å². The molecule has 0 aliphatic heterocycles. The predicted molar refractivity (Wildman–Crippen MR) is 58.8 cm³/mol. The summed E-state index contributed by atoms with van der Waals surface area (Å²) in [5, 5.41) is 1.18. The molecule has 0 aromatic carbocycles. The van der Waals surface area contributed by atoms with Gasteiger partial charge in [-0.1, -0.05) is 42.6 Å². The van der Waals surface area contributed by atoms with Crippen molar-refractivity contribution < 1.29 is 0 Å². The smallest absolute Gasteiger partial charge is 0.00313 e. The minimum atomic E-state index is 0.752. The van der Waals surface area contributed by atoms with Crippen molar-refractivity contribution in [3.8, 4) is 0 Å². The van der Waals surface area contributed by atoms with E-state index < -0.39 is 0 Å². The van der Waals surface area contributed by atoms with E-state index in [4.69, 9.17) is 0 Å². The second-order valence-corrected chi connectivity index (χ2v) is 5.31. The van der Waals surface area contributed by atoms with Crippen molar-refractivity contribution in [1.82, 2.24) is 0 Å². The van der Waals surface area contributed by atoms with Gasteiger partial charge in [0.1, 0.15) is 0 Å². The van der Waals surface area contributed by atoms with E-state index >= 15 is 0 Å². The average Bonchev–Trinajstić information content (AvgIpc) is 1.94. The third-order valence-electron chi connectivity index (χ3n) is 3.63. The summed E-state index contributed by atoms with van der Waals surface area (Å²) in [4.78, 5) is 0. The molecule has 1 fully saturated rings. The monoisotopic (exact) mass is 232 g/mol. The van der Waals surface area contributed by atoms with E-state index in [-0.39, 0.29) is 0 Å². The lowest BCUT2D eigenvalue weighted by Crippen LogP contribution is -2.34. The maximum atomic E-state index is 3.49. The maximum Gasteiger partial charge on any atom is 0.00313 e. The molecule has 1 rings (SSSR count). The van der Waals surface area contributed by atoms with E-state index in [1.54, 1.807) is 0 Å². The van der Waals surface area contributed by atoms with Crippen molar-refractivity contribution >= 4 is 15.9 Å². The maximum absolute atomic E-state index is 3.49. The summed E-state index contributed by atoms with van der Waals surface area (Å²) in [6.45, 7) is 4.79. The van der Waals surface area contributed by atoms with Gasteiger partial charge in [-0.15, -0.1) is 0 Å². The van der Waals surface area contributed by atoms with E-state index in [1.165, 1.54) is 43.9 Å². The first-order chi connectivity index (χ1) is 5.71. The largest absolute Gasteiger partial charge is 0.0928 e. The molecule has 0 nitrogen and oxygen atoms in total. The van der Waals surface area contributed by atoms with Gasteiger partial charge >= 0.3 is 0 Å². The number of hydrogen-bond donors (Lipinski definition) is 0. The van der Waals surface area contributed by atoms with Gasteiger partial charge in [-0.3, -0.25) is 0 Å². The van der Waals surface area contributed by atoms with E-state index in [2.05, 4.69) is 29.8 Å². The topological polar surface area (TPSA) is 0 Å². The molecule has 0 N–H and O–H groups in total. The van der Waals surface area contributed by atoms with Gasteiger partial charge < -0.3 is 0 Å². The SMILES string of the molecule is CC(C)C1(CCCCBr)CCC1. The van der Waals surface area contributed by atoms with Crippen molar-refractivity contribution in [3.05, 3.63) is 0 Å². The molecule has 1 aliphatic carbocycles. The van der Waals surface area contributed by atoms with Crippen LogP contribution >= 0.6 is 15.9 Å². The van der Waals surface area contributed by atoms with Crippen LogP contribution in [-0.2, 0) is 0 Å². The van der Waals surface area contributed by atoms with Gasteiger partial charge in [-0.05, 0) is 37.0 Å². The van der Waals surface area contributed by atoms with Crippen LogP contribution in [0.4, 0.5) is 0 Å². The molecule has 1 heteroatoms. The summed E-state index contributed by atoms with van der Waals surface area (Å²) >= 11 is 3.49. The molecule has 0 saturated heterocycles. The highest BCUT2D eigenvalue weighted by Crippen LogP contribution is 2.50. The Labute approximate surface area is 85.3 Å². The van der Waals surface area contributed by atoms with Gasteiger partial charge in [0.25, 0.3) is 0 Å². The third kappa shape index (κ3) is 2.25. The fourth-order valence-electron chi connectivity index (χ4n) is 2.32. The van der Waals surface area contributed by atoms with E-state index in [9.17, 15) is 0 Å². The zero-order valence-corrected chi connectivity index (χ0v) is 9.99. The summed E-state index contributed by atoms with van der Waals surface area (Å²) in [5.41, 5.74) is 0.752. The summed E-state index contributed by atoms with van der Waals surface area (Å²) in [6.07, 6.45) is 8.71. The standard InChI is InChI=1S/C11H21Br/c1-10(2)11(7-5-8-11)6-3-4-9-12/h10H,3-9H2,1-2H3.